The molecule has 0 unspecified atom stereocenters. The second-order valence-corrected chi connectivity index (χ2v) is 5.51. The molecule has 3 aromatic rings. The van der Waals surface area contributed by atoms with E-state index in [-0.39, 0.29) is 14.9 Å². The summed E-state index contributed by atoms with van der Waals surface area (Å²) in [6.45, 7) is 0. The molecule has 0 atom stereocenters. The van der Waals surface area contributed by atoms with E-state index in [1.807, 2.05) is 0 Å². The number of hydrogen-bond donors (Lipinski definition) is 1. The van der Waals surface area contributed by atoms with E-state index in [4.69, 9.17) is 12.2 Å². The maximum absolute atomic E-state index is 13.9. The van der Waals surface area contributed by atoms with Gasteiger partial charge in [0.1, 0.15) is 11.6 Å². The number of aromatic nitrogens is 2. The Morgan fingerprint density at radius 3 is 2.29 bits per heavy atom. The summed E-state index contributed by atoms with van der Waals surface area (Å²) >= 11 is 8.06. The summed E-state index contributed by atoms with van der Waals surface area (Å²) in [7, 11) is 0. The van der Waals surface area contributed by atoms with E-state index < -0.39 is 23.3 Å². The van der Waals surface area contributed by atoms with Crippen molar-refractivity contribution in [2.24, 2.45) is 0 Å². The van der Waals surface area contributed by atoms with Crippen LogP contribution in [0.3, 0.4) is 0 Å². The third kappa shape index (κ3) is 2.28. The molecule has 0 aliphatic rings. The van der Waals surface area contributed by atoms with E-state index >= 15 is 0 Å². The Kier molecular flexibility index (Phi) is 3.37. The number of imidazole rings is 1. The molecule has 1 N–H and O–H groups in total. The molecule has 0 amide bonds. The number of rotatable bonds is 1. The van der Waals surface area contributed by atoms with Gasteiger partial charge in [0.15, 0.2) is 16.4 Å². The summed E-state index contributed by atoms with van der Waals surface area (Å²) in [5, 5.41) is 0. The van der Waals surface area contributed by atoms with E-state index in [0.717, 1.165) is 0 Å². The zero-order chi connectivity index (χ0) is 15.3. The lowest BCUT2D eigenvalue weighted by Crippen LogP contribution is -2.01. The number of hydrogen-bond acceptors (Lipinski definition) is 1. The Hall–Kier alpha value is -1.67. The summed E-state index contributed by atoms with van der Waals surface area (Å²) in [4.78, 5) is 2.69. The van der Waals surface area contributed by atoms with Gasteiger partial charge in [-0.3, -0.25) is 4.57 Å². The molecule has 21 heavy (non-hydrogen) atoms. The highest BCUT2D eigenvalue weighted by Crippen LogP contribution is 2.27. The standard InChI is InChI=1S/C13H5BrF4N2S/c14-5-1-12-10(3-6(5)15)19-13(21)20(12)11-4-8(17)7(16)2-9(11)18/h1-4H,(H,19,21). The third-order valence-corrected chi connectivity index (χ3v) is 3.85. The molecule has 3 rings (SSSR count). The van der Waals surface area contributed by atoms with Crippen LogP contribution in [0, 0.1) is 28.0 Å². The Balaban J connectivity index is 2.40. The van der Waals surface area contributed by atoms with E-state index in [9.17, 15) is 17.6 Å². The average Bonchev–Trinajstić information content (AvgIpc) is 2.70. The van der Waals surface area contributed by atoms with Gasteiger partial charge in [-0.15, -0.1) is 0 Å². The lowest BCUT2D eigenvalue weighted by molar-refractivity contribution is 0.493. The van der Waals surface area contributed by atoms with Crippen molar-refractivity contribution in [1.82, 2.24) is 9.55 Å². The van der Waals surface area contributed by atoms with E-state index in [0.29, 0.717) is 23.2 Å². The van der Waals surface area contributed by atoms with Gasteiger partial charge in [-0.05, 0) is 34.2 Å². The van der Waals surface area contributed by atoms with Crippen LogP contribution in [0.5, 0.6) is 0 Å². The monoisotopic (exact) mass is 376 g/mol. The van der Waals surface area contributed by atoms with E-state index in [2.05, 4.69) is 20.9 Å². The zero-order valence-electron chi connectivity index (χ0n) is 10.1. The van der Waals surface area contributed by atoms with Crippen LogP contribution in [-0.4, -0.2) is 9.55 Å². The van der Waals surface area contributed by atoms with Crippen LogP contribution in [-0.2, 0) is 0 Å². The lowest BCUT2D eigenvalue weighted by Gasteiger charge is -2.07. The minimum atomic E-state index is -1.30. The van der Waals surface area contributed by atoms with Crippen LogP contribution in [0.4, 0.5) is 17.6 Å². The minimum Gasteiger partial charge on any atom is -0.330 e. The second-order valence-electron chi connectivity index (χ2n) is 4.27. The molecule has 0 radical (unpaired) electrons. The summed E-state index contributed by atoms with van der Waals surface area (Å²) in [6.07, 6.45) is 0. The molecule has 1 aromatic heterocycles. The molecule has 1 heterocycles. The van der Waals surface area contributed by atoms with Crippen LogP contribution < -0.4 is 0 Å². The van der Waals surface area contributed by atoms with Gasteiger partial charge in [0, 0.05) is 18.2 Å². The number of H-pyrrole nitrogens is 1. The maximum Gasteiger partial charge on any atom is 0.182 e. The molecule has 108 valence electrons. The van der Waals surface area contributed by atoms with Crippen molar-refractivity contribution in [1.29, 1.82) is 0 Å². The molecule has 2 aromatic carbocycles. The molecule has 0 aliphatic carbocycles. The van der Waals surface area contributed by atoms with Gasteiger partial charge in [-0.1, -0.05) is 0 Å². The van der Waals surface area contributed by atoms with Gasteiger partial charge < -0.3 is 4.98 Å². The van der Waals surface area contributed by atoms with Crippen molar-refractivity contribution in [2.75, 3.05) is 0 Å². The Morgan fingerprint density at radius 1 is 0.905 bits per heavy atom. The first-order valence-electron chi connectivity index (χ1n) is 5.63. The summed E-state index contributed by atoms with van der Waals surface area (Å²) in [6, 6.07) is 3.68. The zero-order valence-corrected chi connectivity index (χ0v) is 12.5. The molecular formula is C13H5BrF4N2S. The fourth-order valence-corrected chi connectivity index (χ4v) is 2.66. The van der Waals surface area contributed by atoms with Crippen LogP contribution in [0.15, 0.2) is 28.7 Å². The Labute approximate surface area is 129 Å². The topological polar surface area (TPSA) is 20.7 Å². The fraction of sp³-hybridized carbons (Fsp3) is 0. The van der Waals surface area contributed by atoms with Gasteiger partial charge in [0.05, 0.1) is 21.2 Å². The lowest BCUT2D eigenvalue weighted by atomic mass is 10.2. The average molecular weight is 377 g/mol. The summed E-state index contributed by atoms with van der Waals surface area (Å²) in [5.74, 6) is -4.01. The van der Waals surface area contributed by atoms with Crippen LogP contribution in [0.1, 0.15) is 0 Å². The normalized spacial score (nSPS) is 11.3. The number of halogens is 5. The van der Waals surface area contributed by atoms with Gasteiger partial charge in [0.2, 0.25) is 0 Å². The smallest absolute Gasteiger partial charge is 0.182 e. The van der Waals surface area contributed by atoms with Crippen LogP contribution >= 0.6 is 28.1 Å². The number of nitrogens with zero attached hydrogens (tertiary/aromatic N) is 1. The van der Waals surface area contributed by atoms with Crippen LogP contribution in [0.25, 0.3) is 16.7 Å². The van der Waals surface area contributed by atoms with Crippen LogP contribution in [0.2, 0.25) is 0 Å². The molecule has 0 spiro atoms. The number of benzene rings is 2. The quantitative estimate of drug-likeness (QED) is 0.359. The number of aromatic amines is 1. The Morgan fingerprint density at radius 2 is 1.57 bits per heavy atom. The molecule has 8 heteroatoms. The van der Waals surface area contributed by atoms with Crippen molar-refractivity contribution in [3.05, 3.63) is 56.8 Å². The summed E-state index contributed by atoms with van der Waals surface area (Å²) < 4.78 is 55.1. The minimum absolute atomic E-state index is 0.0346. The maximum atomic E-state index is 13.9. The van der Waals surface area contributed by atoms with Gasteiger partial charge in [-0.25, -0.2) is 17.6 Å². The largest absolute Gasteiger partial charge is 0.330 e. The first kappa shape index (κ1) is 14.3. The molecular weight excluding hydrogens is 372 g/mol. The number of nitrogens with one attached hydrogen (secondary N) is 1. The predicted octanol–water partition coefficient (Wildman–Crippen LogP) is 5.01. The van der Waals surface area contributed by atoms with Gasteiger partial charge in [0.25, 0.3) is 0 Å². The van der Waals surface area contributed by atoms with Crippen molar-refractivity contribution < 1.29 is 17.6 Å². The Bertz CT molecular complexity index is 932. The molecule has 0 saturated heterocycles. The third-order valence-electron chi connectivity index (χ3n) is 2.95. The first-order chi connectivity index (χ1) is 9.88. The number of fused-ring (bicyclic) bond motifs is 1. The highest BCUT2D eigenvalue weighted by atomic mass is 79.9. The van der Waals surface area contributed by atoms with Gasteiger partial charge >= 0.3 is 0 Å². The molecule has 0 aliphatic heterocycles. The molecule has 2 nitrogen and oxygen atoms in total. The van der Waals surface area contributed by atoms with Crippen molar-refractivity contribution >= 4 is 39.2 Å². The first-order valence-corrected chi connectivity index (χ1v) is 6.83. The highest BCUT2D eigenvalue weighted by Gasteiger charge is 2.16. The molecule has 0 fully saturated rings. The SMILES string of the molecule is Fc1cc(F)c(-n2c(=S)[nH]c3cc(F)c(Br)cc32)cc1F. The summed E-state index contributed by atoms with van der Waals surface area (Å²) in [5.41, 5.74) is 0.381. The van der Waals surface area contributed by atoms with Crippen molar-refractivity contribution in [3.63, 3.8) is 0 Å². The second kappa shape index (κ2) is 4.96. The highest BCUT2D eigenvalue weighted by molar-refractivity contribution is 9.10. The predicted molar refractivity (Wildman–Crippen MR) is 76.0 cm³/mol. The molecule has 0 bridgehead atoms. The van der Waals surface area contributed by atoms with Crippen molar-refractivity contribution in [2.45, 2.75) is 0 Å². The molecule has 0 saturated carbocycles. The van der Waals surface area contributed by atoms with Gasteiger partial charge in [-0.2, -0.15) is 0 Å². The van der Waals surface area contributed by atoms with Crippen molar-refractivity contribution in [3.8, 4) is 5.69 Å². The van der Waals surface area contributed by atoms with E-state index in [1.165, 1.54) is 16.7 Å². The van der Waals surface area contributed by atoms with E-state index in [1.54, 1.807) is 0 Å². The fourth-order valence-electron chi connectivity index (χ4n) is 2.02.